The van der Waals surface area contributed by atoms with Crippen molar-refractivity contribution in [2.75, 3.05) is 6.61 Å². The summed E-state index contributed by atoms with van der Waals surface area (Å²) >= 11 is 0. The molecule has 1 N–H and O–H groups in total. The van der Waals surface area contributed by atoms with Crippen molar-refractivity contribution in [3.05, 3.63) is 0 Å². The molecule has 3 nitrogen and oxygen atoms in total. The van der Waals surface area contributed by atoms with Crippen LogP contribution in [0.4, 0.5) is 0 Å². The number of hydrogen-bond donors (Lipinski definition) is 1. The number of carbonyl (C=O) groups is 1. The van der Waals surface area contributed by atoms with Gasteiger partial charge in [-0.3, -0.25) is 0 Å². The number of esters is 1. The normalized spacial score (nSPS) is 12.2. The van der Waals surface area contributed by atoms with Crippen LogP contribution in [0.15, 0.2) is 0 Å². The van der Waals surface area contributed by atoms with Crippen LogP contribution in [0.3, 0.4) is 0 Å². The van der Waals surface area contributed by atoms with Gasteiger partial charge >= 0.3 is 5.97 Å². The molecule has 222 valence electrons. The zero-order chi connectivity index (χ0) is 27.1. The van der Waals surface area contributed by atoms with Gasteiger partial charge in [-0.2, -0.15) is 0 Å². The van der Waals surface area contributed by atoms with E-state index in [0.29, 0.717) is 13.0 Å². The first-order valence-corrected chi connectivity index (χ1v) is 17.1. The monoisotopic (exact) mass is 525 g/mol. The van der Waals surface area contributed by atoms with Gasteiger partial charge in [0, 0.05) is 0 Å². The molecule has 3 heteroatoms. The maximum atomic E-state index is 12.0. The molecule has 0 radical (unpaired) electrons. The van der Waals surface area contributed by atoms with Crippen molar-refractivity contribution < 1.29 is 14.6 Å². The first-order valence-electron chi connectivity index (χ1n) is 17.1. The number of rotatable bonds is 31. The molecular formula is C34H68O3. The Morgan fingerprint density at radius 1 is 0.459 bits per heavy atom. The maximum absolute atomic E-state index is 12.0. The number of aliphatic hydroxyl groups is 1. The number of aliphatic hydroxyl groups excluding tert-OH is 1. The number of unbranched alkanes of at least 4 members (excludes halogenated alkanes) is 26. The van der Waals surface area contributed by atoms with Crippen LogP contribution >= 0.6 is 0 Å². The lowest BCUT2D eigenvalue weighted by atomic mass is 10.0. The zero-order valence-corrected chi connectivity index (χ0v) is 25.6. The van der Waals surface area contributed by atoms with E-state index in [-0.39, 0.29) is 0 Å². The summed E-state index contributed by atoms with van der Waals surface area (Å²) in [6.07, 6.45) is 36.6. The molecule has 0 saturated heterocycles. The summed E-state index contributed by atoms with van der Waals surface area (Å²) in [6, 6.07) is 0. The topological polar surface area (TPSA) is 46.5 Å². The van der Waals surface area contributed by atoms with Gasteiger partial charge in [0.25, 0.3) is 0 Å². The van der Waals surface area contributed by atoms with Crippen molar-refractivity contribution in [1.82, 2.24) is 0 Å². The Morgan fingerprint density at radius 3 is 1.05 bits per heavy atom. The third kappa shape index (κ3) is 29.8. The summed E-state index contributed by atoms with van der Waals surface area (Å²) in [7, 11) is 0. The lowest BCUT2D eigenvalue weighted by Crippen LogP contribution is -2.23. The molecule has 0 spiro atoms. The molecule has 0 fully saturated rings. The van der Waals surface area contributed by atoms with Gasteiger partial charge in [0.05, 0.1) is 6.61 Å². The van der Waals surface area contributed by atoms with Crippen LogP contribution in [0.1, 0.15) is 200 Å². The predicted octanol–water partition coefficient (Wildman–Crippen LogP) is 11.2. The molecule has 0 aliphatic heterocycles. The summed E-state index contributed by atoms with van der Waals surface area (Å²) < 4.78 is 5.29. The number of carbonyl (C=O) groups excluding carboxylic acids is 1. The van der Waals surface area contributed by atoms with Gasteiger partial charge in [-0.25, -0.2) is 4.79 Å². The van der Waals surface area contributed by atoms with Crippen LogP contribution in [0, 0.1) is 0 Å². The fourth-order valence-corrected chi connectivity index (χ4v) is 5.22. The van der Waals surface area contributed by atoms with Crippen molar-refractivity contribution in [3.63, 3.8) is 0 Å². The Bertz CT molecular complexity index is 437. The Hall–Kier alpha value is -0.570. The van der Waals surface area contributed by atoms with Gasteiger partial charge < -0.3 is 9.84 Å². The molecule has 0 aromatic heterocycles. The molecule has 1 unspecified atom stereocenters. The highest BCUT2D eigenvalue weighted by Gasteiger charge is 2.15. The number of hydrogen-bond acceptors (Lipinski definition) is 3. The minimum Gasteiger partial charge on any atom is -0.464 e. The van der Waals surface area contributed by atoms with E-state index in [1.54, 1.807) is 0 Å². The molecule has 0 aliphatic rings. The average Bonchev–Trinajstić information content (AvgIpc) is 2.90. The van der Waals surface area contributed by atoms with E-state index in [1.165, 1.54) is 154 Å². The van der Waals surface area contributed by atoms with Crippen molar-refractivity contribution in [2.24, 2.45) is 0 Å². The van der Waals surface area contributed by atoms with Crippen LogP contribution in [-0.2, 0) is 9.53 Å². The van der Waals surface area contributed by atoms with Gasteiger partial charge in [-0.05, 0) is 12.8 Å². The largest absolute Gasteiger partial charge is 0.464 e. The summed E-state index contributed by atoms with van der Waals surface area (Å²) in [6.45, 7) is 5.02. The van der Waals surface area contributed by atoms with Crippen molar-refractivity contribution in [1.29, 1.82) is 0 Å². The Balaban J connectivity index is 3.27. The molecular weight excluding hydrogens is 456 g/mol. The lowest BCUT2D eigenvalue weighted by molar-refractivity contribution is -0.154. The minimum absolute atomic E-state index is 0.413. The standard InChI is InChI=1S/C34H68O3/c1-3-5-7-9-11-13-15-17-19-21-23-25-27-29-31-33(35)34(36)37-32-30-28-26-24-22-20-18-16-14-12-10-8-6-4-2/h33,35H,3-32H2,1-2H3. The predicted molar refractivity (Wildman–Crippen MR) is 162 cm³/mol. The van der Waals surface area contributed by atoms with Crippen molar-refractivity contribution >= 4 is 5.97 Å². The maximum Gasteiger partial charge on any atom is 0.334 e. The molecule has 0 amide bonds. The van der Waals surface area contributed by atoms with Crippen LogP contribution in [-0.4, -0.2) is 23.8 Å². The highest BCUT2D eigenvalue weighted by molar-refractivity contribution is 5.74. The van der Waals surface area contributed by atoms with Crippen LogP contribution < -0.4 is 0 Å². The molecule has 1 atom stereocenters. The fraction of sp³-hybridized carbons (Fsp3) is 0.971. The SMILES string of the molecule is CCCCCCCCCCCCCCCCOC(=O)C(O)CCCCCCCCCCCCCCCC. The average molecular weight is 525 g/mol. The molecule has 0 saturated carbocycles. The minimum atomic E-state index is -0.927. The van der Waals surface area contributed by atoms with E-state index in [2.05, 4.69) is 13.8 Å². The van der Waals surface area contributed by atoms with Gasteiger partial charge in [-0.15, -0.1) is 0 Å². The molecule has 0 rings (SSSR count). The first-order chi connectivity index (χ1) is 18.2. The third-order valence-corrected chi connectivity index (χ3v) is 7.85. The molecule has 0 aliphatic carbocycles. The Morgan fingerprint density at radius 2 is 0.730 bits per heavy atom. The summed E-state index contributed by atoms with van der Waals surface area (Å²) in [5.74, 6) is -0.413. The van der Waals surface area contributed by atoms with E-state index in [9.17, 15) is 9.90 Å². The van der Waals surface area contributed by atoms with Gasteiger partial charge in [0.2, 0.25) is 0 Å². The molecule has 0 aromatic rings. The van der Waals surface area contributed by atoms with Gasteiger partial charge in [0.1, 0.15) is 0 Å². The second kappa shape index (κ2) is 31.6. The lowest BCUT2D eigenvalue weighted by Gasteiger charge is -2.10. The molecule has 0 heterocycles. The van der Waals surface area contributed by atoms with Crippen LogP contribution in [0.5, 0.6) is 0 Å². The highest BCUT2D eigenvalue weighted by Crippen LogP contribution is 2.15. The van der Waals surface area contributed by atoms with E-state index >= 15 is 0 Å². The van der Waals surface area contributed by atoms with E-state index in [1.807, 2.05) is 0 Å². The highest BCUT2D eigenvalue weighted by atomic mass is 16.5. The summed E-state index contributed by atoms with van der Waals surface area (Å²) in [5, 5.41) is 10.0. The Labute approximate surface area is 233 Å². The summed E-state index contributed by atoms with van der Waals surface area (Å²) in [4.78, 5) is 12.0. The van der Waals surface area contributed by atoms with Crippen molar-refractivity contribution in [2.45, 2.75) is 206 Å². The third-order valence-electron chi connectivity index (χ3n) is 7.85. The molecule has 0 aromatic carbocycles. The van der Waals surface area contributed by atoms with Gasteiger partial charge in [-0.1, -0.05) is 187 Å². The Kier molecular flexibility index (Phi) is 31.2. The quantitative estimate of drug-likeness (QED) is 0.0724. The first kappa shape index (κ1) is 36.4. The van der Waals surface area contributed by atoms with Crippen molar-refractivity contribution in [3.8, 4) is 0 Å². The number of ether oxygens (including phenoxy) is 1. The molecule has 0 bridgehead atoms. The van der Waals surface area contributed by atoms with E-state index < -0.39 is 12.1 Å². The van der Waals surface area contributed by atoms with Crippen LogP contribution in [0.2, 0.25) is 0 Å². The van der Waals surface area contributed by atoms with Gasteiger partial charge in [0.15, 0.2) is 6.10 Å². The van der Waals surface area contributed by atoms with E-state index in [0.717, 1.165) is 25.7 Å². The second-order valence-electron chi connectivity index (χ2n) is 11.7. The fourth-order valence-electron chi connectivity index (χ4n) is 5.22. The van der Waals surface area contributed by atoms with E-state index in [4.69, 9.17) is 4.74 Å². The smallest absolute Gasteiger partial charge is 0.334 e. The second-order valence-corrected chi connectivity index (χ2v) is 11.7. The molecule has 37 heavy (non-hydrogen) atoms. The summed E-state index contributed by atoms with van der Waals surface area (Å²) in [5.41, 5.74) is 0. The van der Waals surface area contributed by atoms with Crippen LogP contribution in [0.25, 0.3) is 0 Å². The zero-order valence-electron chi connectivity index (χ0n) is 25.6.